The van der Waals surface area contributed by atoms with E-state index in [4.69, 9.17) is 0 Å². The van der Waals surface area contributed by atoms with Crippen LogP contribution in [-0.2, 0) is 0 Å². The first kappa shape index (κ1) is 8.48. The Labute approximate surface area is 88.2 Å². The lowest BCUT2D eigenvalue weighted by Gasteiger charge is -2.02. The molecule has 1 aliphatic rings. The molecule has 2 aromatic rings. The van der Waals surface area contributed by atoms with E-state index in [1.165, 1.54) is 0 Å². The second-order valence-electron chi connectivity index (χ2n) is 4.00. The van der Waals surface area contributed by atoms with Crippen molar-refractivity contribution >= 4 is 5.78 Å². The van der Waals surface area contributed by atoms with Crippen LogP contribution in [0.25, 0.3) is 5.69 Å². The number of ketones is 1. The average molecular weight is 197 g/mol. The van der Waals surface area contributed by atoms with Crippen molar-refractivity contribution in [2.24, 2.45) is 0 Å². The molecule has 0 radical (unpaired) electrons. The molecule has 1 aromatic heterocycles. The number of nitrogens with zero attached hydrogens (tertiary/aromatic N) is 1. The number of hydrogen-bond acceptors (Lipinski definition) is 1. The van der Waals surface area contributed by atoms with Gasteiger partial charge in [0.05, 0.1) is 11.4 Å². The maximum absolute atomic E-state index is 12.1. The average Bonchev–Trinajstić information content (AvgIpc) is 2.68. The van der Waals surface area contributed by atoms with Crippen LogP contribution in [-0.4, -0.2) is 10.4 Å². The molecule has 74 valence electrons. The third-order valence-electron chi connectivity index (χ3n) is 2.98. The molecule has 1 aliphatic heterocycles. The lowest BCUT2D eigenvalue weighted by molar-refractivity contribution is 0.103. The Morgan fingerprint density at radius 3 is 2.67 bits per heavy atom. The number of rotatable bonds is 0. The van der Waals surface area contributed by atoms with Gasteiger partial charge in [-0.3, -0.25) is 4.79 Å². The fourth-order valence-corrected chi connectivity index (χ4v) is 2.38. The standard InChI is InChI=1S/C13H11NO/c1-8-7-9(2)14-11-6-4-3-5-10(11)13(15)12(8)14/h3-7H,1-2H3. The fourth-order valence-electron chi connectivity index (χ4n) is 2.38. The summed E-state index contributed by atoms with van der Waals surface area (Å²) in [5.41, 5.74) is 4.85. The van der Waals surface area contributed by atoms with Crippen molar-refractivity contribution in [2.75, 3.05) is 0 Å². The summed E-state index contributed by atoms with van der Waals surface area (Å²) >= 11 is 0. The predicted molar refractivity (Wildman–Crippen MR) is 58.7 cm³/mol. The highest BCUT2D eigenvalue weighted by Gasteiger charge is 2.29. The minimum absolute atomic E-state index is 0.149. The Balaban J connectivity index is 2.45. The lowest BCUT2D eigenvalue weighted by atomic mass is 10.1. The summed E-state index contributed by atoms with van der Waals surface area (Å²) in [5, 5.41) is 0. The third-order valence-corrected chi connectivity index (χ3v) is 2.98. The molecule has 3 rings (SSSR count). The largest absolute Gasteiger partial charge is 0.310 e. The monoisotopic (exact) mass is 197 g/mol. The number of carbonyl (C=O) groups excluding carboxylic acids is 1. The van der Waals surface area contributed by atoms with E-state index in [0.29, 0.717) is 0 Å². The quantitative estimate of drug-likeness (QED) is 0.543. The predicted octanol–water partition coefficient (Wildman–Crippen LogP) is 2.64. The van der Waals surface area contributed by atoms with Crippen LogP contribution in [0.4, 0.5) is 0 Å². The topological polar surface area (TPSA) is 22.0 Å². The molecule has 15 heavy (non-hydrogen) atoms. The zero-order valence-corrected chi connectivity index (χ0v) is 8.74. The summed E-state index contributed by atoms with van der Waals surface area (Å²) in [7, 11) is 0. The summed E-state index contributed by atoms with van der Waals surface area (Å²) in [5.74, 6) is 0.149. The number of aryl methyl sites for hydroxylation is 2. The van der Waals surface area contributed by atoms with E-state index in [-0.39, 0.29) is 5.78 Å². The van der Waals surface area contributed by atoms with Gasteiger partial charge in [-0.2, -0.15) is 0 Å². The lowest BCUT2D eigenvalue weighted by Crippen LogP contribution is -1.97. The van der Waals surface area contributed by atoms with Gasteiger partial charge in [0.15, 0.2) is 0 Å². The van der Waals surface area contributed by atoms with E-state index >= 15 is 0 Å². The van der Waals surface area contributed by atoms with Crippen LogP contribution in [0.1, 0.15) is 27.3 Å². The molecule has 0 spiro atoms. The van der Waals surface area contributed by atoms with Crippen molar-refractivity contribution in [3.05, 3.63) is 52.8 Å². The molecule has 2 nitrogen and oxygen atoms in total. The molecule has 2 heterocycles. The van der Waals surface area contributed by atoms with E-state index < -0.39 is 0 Å². The smallest absolute Gasteiger partial charge is 0.212 e. The molecule has 2 heteroatoms. The first-order valence-electron chi connectivity index (χ1n) is 5.03. The van der Waals surface area contributed by atoms with Gasteiger partial charge in [0, 0.05) is 11.3 Å². The number of para-hydroxylation sites is 1. The van der Waals surface area contributed by atoms with Crippen LogP contribution in [0.3, 0.4) is 0 Å². The van der Waals surface area contributed by atoms with Gasteiger partial charge in [0.2, 0.25) is 5.78 Å². The molecule has 0 saturated heterocycles. The SMILES string of the molecule is Cc1cc(C)n2c1C(=O)c1ccccc1-2. The second-order valence-corrected chi connectivity index (χ2v) is 4.00. The van der Waals surface area contributed by atoms with Crippen molar-refractivity contribution in [1.29, 1.82) is 0 Å². The number of benzene rings is 1. The van der Waals surface area contributed by atoms with E-state index in [9.17, 15) is 4.79 Å². The van der Waals surface area contributed by atoms with Gasteiger partial charge in [-0.05, 0) is 37.6 Å². The van der Waals surface area contributed by atoms with Gasteiger partial charge >= 0.3 is 0 Å². The van der Waals surface area contributed by atoms with Crippen LogP contribution in [0.15, 0.2) is 30.3 Å². The molecular weight excluding hydrogens is 186 g/mol. The first-order chi connectivity index (χ1) is 7.20. The maximum Gasteiger partial charge on any atom is 0.212 e. The van der Waals surface area contributed by atoms with E-state index in [1.807, 2.05) is 42.7 Å². The first-order valence-corrected chi connectivity index (χ1v) is 5.03. The van der Waals surface area contributed by atoms with E-state index in [1.54, 1.807) is 0 Å². The zero-order valence-electron chi connectivity index (χ0n) is 8.74. The van der Waals surface area contributed by atoms with Gasteiger partial charge in [0.1, 0.15) is 0 Å². The second kappa shape index (κ2) is 2.60. The Morgan fingerprint density at radius 2 is 1.87 bits per heavy atom. The van der Waals surface area contributed by atoms with Gasteiger partial charge in [-0.15, -0.1) is 0 Å². The van der Waals surface area contributed by atoms with Crippen molar-refractivity contribution in [3.8, 4) is 5.69 Å². The summed E-state index contributed by atoms with van der Waals surface area (Å²) in [6.45, 7) is 4.02. The van der Waals surface area contributed by atoms with E-state index in [0.717, 1.165) is 28.2 Å². The molecule has 0 unspecified atom stereocenters. The fraction of sp³-hybridized carbons (Fsp3) is 0.154. The van der Waals surface area contributed by atoms with E-state index in [2.05, 4.69) is 6.07 Å². The maximum atomic E-state index is 12.1. The summed E-state index contributed by atoms with van der Waals surface area (Å²) in [6.07, 6.45) is 0. The molecular formula is C13H11NO. The van der Waals surface area contributed by atoms with Gasteiger partial charge in [-0.1, -0.05) is 12.1 Å². The molecule has 0 fully saturated rings. The molecule has 0 amide bonds. The van der Waals surface area contributed by atoms with Crippen LogP contribution < -0.4 is 0 Å². The Bertz CT molecular complexity index is 578. The van der Waals surface area contributed by atoms with Crippen LogP contribution in [0.5, 0.6) is 0 Å². The summed E-state index contributed by atoms with van der Waals surface area (Å²) < 4.78 is 2.05. The number of carbonyl (C=O) groups is 1. The summed E-state index contributed by atoms with van der Waals surface area (Å²) in [4.78, 5) is 12.1. The van der Waals surface area contributed by atoms with Gasteiger partial charge in [0.25, 0.3) is 0 Å². The highest BCUT2D eigenvalue weighted by atomic mass is 16.1. The number of aromatic nitrogens is 1. The third kappa shape index (κ3) is 0.911. The summed E-state index contributed by atoms with van der Waals surface area (Å²) in [6, 6.07) is 9.83. The highest BCUT2D eigenvalue weighted by molar-refractivity contribution is 6.14. The molecule has 0 atom stereocenters. The zero-order chi connectivity index (χ0) is 10.6. The van der Waals surface area contributed by atoms with Crippen LogP contribution in [0, 0.1) is 13.8 Å². The van der Waals surface area contributed by atoms with Crippen molar-refractivity contribution in [2.45, 2.75) is 13.8 Å². The van der Waals surface area contributed by atoms with Gasteiger partial charge < -0.3 is 4.57 Å². The van der Waals surface area contributed by atoms with Crippen LogP contribution >= 0.6 is 0 Å². The Morgan fingerprint density at radius 1 is 1.13 bits per heavy atom. The highest BCUT2D eigenvalue weighted by Crippen LogP contribution is 2.32. The normalized spacial score (nSPS) is 12.8. The molecule has 0 bridgehead atoms. The van der Waals surface area contributed by atoms with Crippen molar-refractivity contribution < 1.29 is 4.79 Å². The Kier molecular flexibility index (Phi) is 1.47. The van der Waals surface area contributed by atoms with Gasteiger partial charge in [-0.25, -0.2) is 0 Å². The molecule has 0 N–H and O–H groups in total. The van der Waals surface area contributed by atoms with Crippen LogP contribution in [0.2, 0.25) is 0 Å². The molecule has 0 saturated carbocycles. The van der Waals surface area contributed by atoms with Crippen molar-refractivity contribution in [1.82, 2.24) is 4.57 Å². The Hall–Kier alpha value is -1.83. The molecule has 0 aliphatic carbocycles. The molecule has 1 aromatic carbocycles. The minimum atomic E-state index is 0.149. The number of hydrogen-bond donors (Lipinski definition) is 0. The van der Waals surface area contributed by atoms with Crippen molar-refractivity contribution in [3.63, 3.8) is 0 Å². The minimum Gasteiger partial charge on any atom is -0.310 e. The number of fused-ring (bicyclic) bond motifs is 3.